The molecule has 0 spiro atoms. The number of hydrogen-bond acceptors (Lipinski definition) is 3. The van der Waals surface area contributed by atoms with E-state index in [9.17, 15) is 0 Å². The highest BCUT2D eigenvalue weighted by Crippen LogP contribution is 2.31. The summed E-state index contributed by atoms with van der Waals surface area (Å²) in [6.07, 6.45) is 8.97. The molecular weight excluding hydrogens is 202 g/mol. The van der Waals surface area contributed by atoms with E-state index in [0.717, 1.165) is 18.5 Å². The third-order valence-electron chi connectivity index (χ3n) is 3.81. The van der Waals surface area contributed by atoms with Gasteiger partial charge in [-0.2, -0.15) is 0 Å². The van der Waals surface area contributed by atoms with Crippen LogP contribution >= 0.6 is 0 Å². The fourth-order valence-corrected chi connectivity index (χ4v) is 2.70. The highest BCUT2D eigenvalue weighted by atomic mass is 16.4. The van der Waals surface area contributed by atoms with E-state index in [0.29, 0.717) is 12.3 Å². The van der Waals surface area contributed by atoms with Gasteiger partial charge >= 0.3 is 0 Å². The van der Waals surface area contributed by atoms with Crippen molar-refractivity contribution in [2.24, 2.45) is 16.8 Å². The van der Waals surface area contributed by atoms with Gasteiger partial charge in [0.2, 0.25) is 0 Å². The molecule has 0 atom stereocenters. The topological polar surface area (TPSA) is 61.8 Å². The maximum Gasteiger partial charge on any atom is 0.140 e. The summed E-state index contributed by atoms with van der Waals surface area (Å²) >= 11 is 0. The molecule has 0 aromatic heterocycles. The van der Waals surface area contributed by atoms with Gasteiger partial charge < -0.3 is 10.9 Å². The summed E-state index contributed by atoms with van der Waals surface area (Å²) in [6, 6.07) is 0.784. The highest BCUT2D eigenvalue weighted by Gasteiger charge is 2.30. The van der Waals surface area contributed by atoms with Gasteiger partial charge in [0.1, 0.15) is 5.84 Å². The molecule has 4 nitrogen and oxygen atoms in total. The Morgan fingerprint density at radius 2 is 1.94 bits per heavy atom. The lowest BCUT2D eigenvalue weighted by molar-refractivity contribution is 0.226. The van der Waals surface area contributed by atoms with Gasteiger partial charge in [-0.25, -0.2) is 0 Å². The Bertz CT molecular complexity index is 245. The Hall–Kier alpha value is -0.770. The Kier molecular flexibility index (Phi) is 4.04. The van der Waals surface area contributed by atoms with Gasteiger partial charge in [-0.1, -0.05) is 18.0 Å². The summed E-state index contributed by atoms with van der Waals surface area (Å²) in [5.41, 5.74) is 5.52. The molecule has 0 amide bonds. The van der Waals surface area contributed by atoms with E-state index in [-0.39, 0.29) is 0 Å². The molecule has 2 aliphatic carbocycles. The van der Waals surface area contributed by atoms with E-state index in [2.05, 4.69) is 10.1 Å². The van der Waals surface area contributed by atoms with Crippen LogP contribution in [0.3, 0.4) is 0 Å². The first-order valence-corrected chi connectivity index (χ1v) is 6.50. The van der Waals surface area contributed by atoms with Crippen LogP contribution in [0.25, 0.3) is 0 Å². The average Bonchev–Trinajstić information content (AvgIpc) is 3.02. The number of oxime groups is 1. The first-order chi connectivity index (χ1) is 7.79. The van der Waals surface area contributed by atoms with Crippen LogP contribution < -0.4 is 5.73 Å². The third kappa shape index (κ3) is 3.37. The van der Waals surface area contributed by atoms with Crippen molar-refractivity contribution in [3.8, 4) is 0 Å². The van der Waals surface area contributed by atoms with Crippen LogP contribution in [-0.4, -0.2) is 35.1 Å². The van der Waals surface area contributed by atoms with Crippen LogP contribution in [0, 0.1) is 5.92 Å². The van der Waals surface area contributed by atoms with E-state index in [4.69, 9.17) is 10.9 Å². The fraction of sp³-hybridized carbons (Fsp3) is 0.917. The second kappa shape index (κ2) is 5.53. The third-order valence-corrected chi connectivity index (χ3v) is 3.81. The maximum absolute atomic E-state index is 8.53. The highest BCUT2D eigenvalue weighted by molar-refractivity contribution is 5.79. The molecular formula is C12H23N3O. The predicted molar refractivity (Wildman–Crippen MR) is 64.6 cm³/mol. The van der Waals surface area contributed by atoms with Gasteiger partial charge in [0.05, 0.1) is 0 Å². The normalized spacial score (nSPS) is 23.2. The minimum atomic E-state index is 0.358. The number of nitrogens with two attached hydrogens (primary N) is 1. The molecule has 16 heavy (non-hydrogen) atoms. The van der Waals surface area contributed by atoms with Crippen molar-refractivity contribution in [2.45, 2.75) is 51.0 Å². The SMILES string of the molecule is NC(CCN(CC1CCCC1)C1CC1)=NO. The molecule has 3 N–H and O–H groups in total. The number of rotatable bonds is 6. The summed E-state index contributed by atoms with van der Waals surface area (Å²) in [5.74, 6) is 1.25. The Morgan fingerprint density at radius 1 is 1.25 bits per heavy atom. The van der Waals surface area contributed by atoms with E-state index in [1.807, 2.05) is 0 Å². The van der Waals surface area contributed by atoms with Crippen LogP contribution in [0.2, 0.25) is 0 Å². The molecule has 0 saturated heterocycles. The van der Waals surface area contributed by atoms with Gasteiger partial charge in [-0.3, -0.25) is 4.90 Å². The number of nitrogens with zero attached hydrogens (tertiary/aromatic N) is 2. The largest absolute Gasteiger partial charge is 0.409 e. The van der Waals surface area contributed by atoms with Crippen LogP contribution in [-0.2, 0) is 0 Å². The summed E-state index contributed by atoms with van der Waals surface area (Å²) in [4.78, 5) is 2.55. The summed E-state index contributed by atoms with van der Waals surface area (Å²) in [6.45, 7) is 2.18. The fourth-order valence-electron chi connectivity index (χ4n) is 2.70. The Labute approximate surface area is 97.5 Å². The zero-order valence-electron chi connectivity index (χ0n) is 9.94. The van der Waals surface area contributed by atoms with E-state index >= 15 is 0 Å². The zero-order valence-corrected chi connectivity index (χ0v) is 9.94. The van der Waals surface area contributed by atoms with Crippen molar-refractivity contribution in [3.63, 3.8) is 0 Å². The van der Waals surface area contributed by atoms with Crippen molar-refractivity contribution in [2.75, 3.05) is 13.1 Å². The minimum absolute atomic E-state index is 0.358. The van der Waals surface area contributed by atoms with Gasteiger partial charge in [0.15, 0.2) is 0 Å². The average molecular weight is 225 g/mol. The molecule has 0 radical (unpaired) electrons. The summed E-state index contributed by atoms with van der Waals surface area (Å²) in [5, 5.41) is 11.6. The standard InChI is InChI=1S/C12H23N3O/c13-12(14-16)7-8-15(11-5-6-11)9-10-3-1-2-4-10/h10-11,16H,1-9H2,(H2,13,14). The van der Waals surface area contributed by atoms with Crippen molar-refractivity contribution < 1.29 is 5.21 Å². The van der Waals surface area contributed by atoms with Gasteiger partial charge in [-0.15, -0.1) is 0 Å². The quantitative estimate of drug-likeness (QED) is 0.313. The van der Waals surface area contributed by atoms with Crippen molar-refractivity contribution in [1.29, 1.82) is 0 Å². The smallest absolute Gasteiger partial charge is 0.140 e. The first-order valence-electron chi connectivity index (χ1n) is 6.50. The minimum Gasteiger partial charge on any atom is -0.409 e. The molecule has 2 saturated carbocycles. The lowest BCUT2D eigenvalue weighted by atomic mass is 10.1. The molecule has 4 heteroatoms. The Balaban J connectivity index is 1.75. The van der Waals surface area contributed by atoms with E-state index in [1.54, 1.807) is 0 Å². The van der Waals surface area contributed by atoms with Gasteiger partial charge in [0.25, 0.3) is 0 Å². The van der Waals surface area contributed by atoms with Gasteiger partial charge in [-0.05, 0) is 31.6 Å². The van der Waals surface area contributed by atoms with E-state index < -0.39 is 0 Å². The molecule has 2 rings (SSSR count). The van der Waals surface area contributed by atoms with Crippen molar-refractivity contribution in [3.05, 3.63) is 0 Å². The molecule has 2 aliphatic rings. The van der Waals surface area contributed by atoms with Crippen LogP contribution in [0.15, 0.2) is 5.16 Å². The van der Waals surface area contributed by atoms with Gasteiger partial charge in [0, 0.05) is 25.6 Å². The lowest BCUT2D eigenvalue weighted by Crippen LogP contribution is -2.34. The molecule has 0 heterocycles. The molecule has 2 fully saturated rings. The van der Waals surface area contributed by atoms with Crippen molar-refractivity contribution >= 4 is 5.84 Å². The molecule has 0 bridgehead atoms. The summed E-state index contributed by atoms with van der Waals surface area (Å²) in [7, 11) is 0. The van der Waals surface area contributed by atoms with Crippen LogP contribution in [0.1, 0.15) is 44.9 Å². The molecule has 92 valence electrons. The molecule has 0 aromatic carbocycles. The maximum atomic E-state index is 8.53. The van der Waals surface area contributed by atoms with Crippen LogP contribution in [0.4, 0.5) is 0 Å². The molecule has 0 aromatic rings. The zero-order chi connectivity index (χ0) is 11.4. The second-order valence-corrected chi connectivity index (χ2v) is 5.22. The molecule has 0 unspecified atom stereocenters. The first kappa shape index (κ1) is 11.7. The van der Waals surface area contributed by atoms with E-state index in [1.165, 1.54) is 45.1 Å². The summed E-state index contributed by atoms with van der Waals surface area (Å²) < 4.78 is 0. The lowest BCUT2D eigenvalue weighted by Gasteiger charge is -2.25. The number of hydrogen-bond donors (Lipinski definition) is 2. The monoisotopic (exact) mass is 225 g/mol. The Morgan fingerprint density at radius 3 is 2.50 bits per heavy atom. The van der Waals surface area contributed by atoms with Crippen LogP contribution in [0.5, 0.6) is 0 Å². The second-order valence-electron chi connectivity index (χ2n) is 5.22. The molecule has 0 aliphatic heterocycles. The number of amidine groups is 1. The predicted octanol–water partition coefficient (Wildman–Crippen LogP) is 1.78. The van der Waals surface area contributed by atoms with Crippen molar-refractivity contribution in [1.82, 2.24) is 4.90 Å².